The van der Waals surface area contributed by atoms with E-state index in [4.69, 9.17) is 16.3 Å². The minimum absolute atomic E-state index is 0.203. The van der Waals surface area contributed by atoms with Crippen molar-refractivity contribution in [2.45, 2.75) is 19.9 Å². The molecule has 0 radical (unpaired) electrons. The van der Waals surface area contributed by atoms with Gasteiger partial charge in [0.1, 0.15) is 0 Å². The molecular formula is C14H17BrClN3O. The summed E-state index contributed by atoms with van der Waals surface area (Å²) in [4.78, 5) is 4.50. The lowest BCUT2D eigenvalue weighted by Gasteiger charge is -2.16. The van der Waals surface area contributed by atoms with E-state index in [2.05, 4.69) is 37.7 Å². The third-order valence-corrected chi connectivity index (χ3v) is 4.14. The molecule has 0 saturated carbocycles. The lowest BCUT2D eigenvalue weighted by Crippen LogP contribution is -2.12. The molecule has 0 saturated heterocycles. The van der Waals surface area contributed by atoms with Gasteiger partial charge in [-0.25, -0.2) is 4.98 Å². The smallest absolute Gasteiger partial charge is 0.207 e. The van der Waals surface area contributed by atoms with Crippen LogP contribution in [0.2, 0.25) is 5.02 Å². The Hall–Kier alpha value is -1.04. The van der Waals surface area contributed by atoms with Crippen LogP contribution in [0, 0.1) is 6.92 Å². The van der Waals surface area contributed by atoms with Crippen LogP contribution in [-0.4, -0.2) is 23.3 Å². The van der Waals surface area contributed by atoms with Crippen LogP contribution in [0.25, 0.3) is 0 Å². The molecule has 2 aromatic rings. The first kappa shape index (κ1) is 15.4. The highest BCUT2D eigenvalue weighted by Gasteiger charge is 2.12. The number of ether oxygens (including phenoxy) is 1. The van der Waals surface area contributed by atoms with Gasteiger partial charge in [-0.2, -0.15) is 0 Å². The number of rotatable bonds is 5. The van der Waals surface area contributed by atoms with Crippen molar-refractivity contribution >= 4 is 39.2 Å². The fourth-order valence-electron chi connectivity index (χ4n) is 1.97. The van der Waals surface area contributed by atoms with Gasteiger partial charge in [-0.1, -0.05) is 11.6 Å². The zero-order valence-corrected chi connectivity index (χ0v) is 14.0. The number of anilines is 2. The lowest BCUT2D eigenvalue weighted by atomic mass is 10.3. The molecule has 0 aliphatic rings. The number of methoxy groups -OCH3 is 1. The molecule has 0 bridgehead atoms. The van der Waals surface area contributed by atoms with Gasteiger partial charge in [0.25, 0.3) is 0 Å². The SMILES string of the molecule is COCC(C)n1cc(C)nc1Nc1ccc(Br)c(Cl)c1. The largest absolute Gasteiger partial charge is 0.383 e. The van der Waals surface area contributed by atoms with Crippen molar-refractivity contribution in [3.63, 3.8) is 0 Å². The number of nitrogens with one attached hydrogen (secondary N) is 1. The fourth-order valence-corrected chi connectivity index (χ4v) is 2.40. The van der Waals surface area contributed by atoms with Gasteiger partial charge in [0.2, 0.25) is 5.95 Å². The van der Waals surface area contributed by atoms with Gasteiger partial charge in [-0.3, -0.25) is 0 Å². The Labute approximate surface area is 132 Å². The maximum absolute atomic E-state index is 6.10. The molecule has 4 nitrogen and oxygen atoms in total. The molecule has 20 heavy (non-hydrogen) atoms. The van der Waals surface area contributed by atoms with Gasteiger partial charge < -0.3 is 14.6 Å². The van der Waals surface area contributed by atoms with E-state index in [1.807, 2.05) is 31.3 Å². The summed E-state index contributed by atoms with van der Waals surface area (Å²) in [6.07, 6.45) is 2.01. The predicted molar refractivity (Wildman–Crippen MR) is 86.0 cm³/mol. The summed E-state index contributed by atoms with van der Waals surface area (Å²) in [6.45, 7) is 4.69. The van der Waals surface area contributed by atoms with Crippen LogP contribution in [-0.2, 0) is 4.74 Å². The van der Waals surface area contributed by atoms with E-state index in [-0.39, 0.29) is 6.04 Å². The highest BCUT2D eigenvalue weighted by molar-refractivity contribution is 9.10. The maximum Gasteiger partial charge on any atom is 0.207 e. The van der Waals surface area contributed by atoms with Gasteiger partial charge >= 0.3 is 0 Å². The van der Waals surface area contributed by atoms with Crippen molar-refractivity contribution < 1.29 is 4.74 Å². The van der Waals surface area contributed by atoms with Crippen LogP contribution >= 0.6 is 27.5 Å². The number of hydrogen-bond donors (Lipinski definition) is 1. The number of halogens is 2. The Morgan fingerprint density at radius 2 is 2.25 bits per heavy atom. The van der Waals surface area contributed by atoms with Crippen molar-refractivity contribution in [2.75, 3.05) is 19.0 Å². The normalized spacial score (nSPS) is 12.4. The van der Waals surface area contributed by atoms with Gasteiger partial charge in [-0.15, -0.1) is 0 Å². The fraction of sp³-hybridized carbons (Fsp3) is 0.357. The molecule has 2 rings (SSSR count). The summed E-state index contributed by atoms with van der Waals surface area (Å²) in [7, 11) is 1.70. The first-order valence-electron chi connectivity index (χ1n) is 6.27. The molecule has 6 heteroatoms. The van der Waals surface area contributed by atoms with Gasteiger partial charge in [0.15, 0.2) is 0 Å². The van der Waals surface area contributed by atoms with Crippen LogP contribution in [0.5, 0.6) is 0 Å². The highest BCUT2D eigenvalue weighted by Crippen LogP contribution is 2.28. The molecule has 1 aromatic heterocycles. The Balaban J connectivity index is 2.26. The second kappa shape index (κ2) is 6.61. The molecule has 0 spiro atoms. The first-order valence-corrected chi connectivity index (χ1v) is 7.45. The summed E-state index contributed by atoms with van der Waals surface area (Å²) in [5, 5.41) is 3.95. The first-order chi connectivity index (χ1) is 9.51. The van der Waals surface area contributed by atoms with Crippen LogP contribution in [0.1, 0.15) is 18.7 Å². The van der Waals surface area contributed by atoms with Gasteiger partial charge in [0, 0.05) is 23.5 Å². The molecule has 0 fully saturated rings. The second-order valence-corrected chi connectivity index (χ2v) is 5.93. The van der Waals surface area contributed by atoms with Gasteiger partial charge in [-0.05, 0) is 48.0 Å². The van der Waals surface area contributed by atoms with E-state index in [1.165, 1.54) is 0 Å². The molecule has 0 amide bonds. The monoisotopic (exact) mass is 357 g/mol. The Kier molecular flexibility index (Phi) is 5.07. The van der Waals surface area contributed by atoms with Crippen molar-refractivity contribution in [1.82, 2.24) is 9.55 Å². The van der Waals surface area contributed by atoms with Crippen LogP contribution < -0.4 is 5.32 Å². The zero-order chi connectivity index (χ0) is 14.7. The Morgan fingerprint density at radius 3 is 2.90 bits per heavy atom. The van der Waals surface area contributed by atoms with Crippen molar-refractivity contribution in [2.24, 2.45) is 0 Å². The summed E-state index contributed by atoms with van der Waals surface area (Å²) >= 11 is 9.48. The number of nitrogens with zero attached hydrogens (tertiary/aromatic N) is 2. The number of imidazole rings is 1. The zero-order valence-electron chi connectivity index (χ0n) is 11.7. The molecule has 1 heterocycles. The maximum atomic E-state index is 6.10. The summed E-state index contributed by atoms with van der Waals surface area (Å²) in [5.41, 5.74) is 1.85. The van der Waals surface area contributed by atoms with E-state index in [0.29, 0.717) is 11.6 Å². The van der Waals surface area contributed by atoms with E-state index in [9.17, 15) is 0 Å². The summed E-state index contributed by atoms with van der Waals surface area (Å²) in [6, 6.07) is 5.92. The predicted octanol–water partition coefficient (Wildman–Crippen LogP) is 4.56. The number of aryl methyl sites for hydroxylation is 1. The van der Waals surface area contributed by atoms with Crippen molar-refractivity contribution in [1.29, 1.82) is 0 Å². The van der Waals surface area contributed by atoms with E-state index >= 15 is 0 Å². The average Bonchev–Trinajstić information content (AvgIpc) is 2.75. The molecular weight excluding hydrogens is 342 g/mol. The third-order valence-electron chi connectivity index (χ3n) is 2.91. The topological polar surface area (TPSA) is 39.1 Å². The third kappa shape index (κ3) is 3.53. The number of hydrogen-bond acceptors (Lipinski definition) is 3. The van der Waals surface area contributed by atoms with Crippen LogP contribution in [0.15, 0.2) is 28.9 Å². The van der Waals surface area contributed by atoms with E-state index in [1.54, 1.807) is 7.11 Å². The molecule has 0 aliphatic carbocycles. The quantitative estimate of drug-likeness (QED) is 0.851. The lowest BCUT2D eigenvalue weighted by molar-refractivity contribution is 0.163. The van der Waals surface area contributed by atoms with Crippen LogP contribution in [0.3, 0.4) is 0 Å². The molecule has 0 aliphatic heterocycles. The van der Waals surface area contributed by atoms with E-state index < -0.39 is 0 Å². The Morgan fingerprint density at radius 1 is 1.50 bits per heavy atom. The number of benzene rings is 1. The molecule has 1 atom stereocenters. The molecule has 1 N–H and O–H groups in total. The summed E-state index contributed by atoms with van der Waals surface area (Å²) < 4.78 is 8.14. The van der Waals surface area contributed by atoms with Crippen molar-refractivity contribution in [3.8, 4) is 0 Å². The minimum atomic E-state index is 0.203. The standard InChI is InChI=1S/C14H17BrClN3O/c1-9-7-19(10(2)8-20-3)14(17-9)18-11-4-5-12(15)13(16)6-11/h4-7,10H,8H2,1-3H3,(H,17,18). The Bertz CT molecular complexity index is 600. The molecule has 1 aromatic carbocycles. The summed E-state index contributed by atoms with van der Waals surface area (Å²) in [5.74, 6) is 0.783. The average molecular weight is 359 g/mol. The van der Waals surface area contributed by atoms with E-state index in [0.717, 1.165) is 21.8 Å². The van der Waals surface area contributed by atoms with Crippen LogP contribution in [0.4, 0.5) is 11.6 Å². The second-order valence-electron chi connectivity index (χ2n) is 4.67. The minimum Gasteiger partial charge on any atom is -0.383 e. The van der Waals surface area contributed by atoms with Gasteiger partial charge in [0.05, 0.1) is 23.4 Å². The van der Waals surface area contributed by atoms with Crippen molar-refractivity contribution in [3.05, 3.63) is 39.6 Å². The molecule has 1 unspecified atom stereocenters. The molecule has 108 valence electrons. The number of aromatic nitrogens is 2. The highest BCUT2D eigenvalue weighted by atomic mass is 79.9.